The van der Waals surface area contributed by atoms with Crippen LogP contribution in [0.25, 0.3) is 0 Å². The van der Waals surface area contributed by atoms with Crippen LogP contribution in [0.4, 0.5) is 11.4 Å². The Balaban J connectivity index is 0.00000200. The molecule has 0 amide bonds. The third kappa shape index (κ3) is 3.60. The first-order valence-corrected chi connectivity index (χ1v) is 5.51. The molecule has 0 saturated heterocycles. The van der Waals surface area contributed by atoms with Gasteiger partial charge in [-0.3, -0.25) is 0 Å². The van der Waals surface area contributed by atoms with Crippen LogP contribution in [0, 0.1) is 0 Å². The Morgan fingerprint density at radius 1 is 0.750 bits per heavy atom. The zero-order valence-corrected chi connectivity index (χ0v) is 9.83. The zero-order valence-electron chi connectivity index (χ0n) is 9.83. The fourth-order valence-electron chi connectivity index (χ4n) is 1.70. The number of aromatic carboxylic acids is 2. The van der Waals surface area contributed by atoms with Crippen molar-refractivity contribution in [2.24, 2.45) is 0 Å². The number of carbonyl (C=O) groups is 2. The summed E-state index contributed by atoms with van der Waals surface area (Å²) in [6.07, 6.45) is 0. The molecule has 0 bridgehead atoms. The Morgan fingerprint density at radius 2 is 1.10 bits per heavy atom. The van der Waals surface area contributed by atoms with Crippen molar-refractivity contribution in [3.05, 3.63) is 59.7 Å². The van der Waals surface area contributed by atoms with E-state index in [-0.39, 0.29) is 40.7 Å². The van der Waals surface area contributed by atoms with Crippen molar-refractivity contribution in [2.75, 3.05) is 5.32 Å². The number of hydrogen-bond donors (Lipinski definition) is 3. The van der Waals surface area contributed by atoms with E-state index in [9.17, 15) is 9.59 Å². The number of benzene rings is 2. The number of rotatable bonds is 4. The van der Waals surface area contributed by atoms with Gasteiger partial charge in [-0.1, -0.05) is 24.3 Å². The average molecular weight is 281 g/mol. The van der Waals surface area contributed by atoms with Crippen molar-refractivity contribution in [2.45, 2.75) is 0 Å². The molecule has 2 rings (SSSR count). The van der Waals surface area contributed by atoms with Gasteiger partial charge in [-0.15, -0.1) is 0 Å². The molecule has 0 radical (unpaired) electrons. The third-order valence-electron chi connectivity index (χ3n) is 2.58. The molecule has 0 aliphatic heterocycles. The number of nitrogens with one attached hydrogen (secondary N) is 1. The van der Waals surface area contributed by atoms with Gasteiger partial charge in [0.1, 0.15) is 0 Å². The van der Waals surface area contributed by atoms with Crippen LogP contribution in [0.1, 0.15) is 20.7 Å². The summed E-state index contributed by atoms with van der Waals surface area (Å²) in [7, 11) is 0. The Labute approximate surface area is 137 Å². The summed E-state index contributed by atoms with van der Waals surface area (Å²) >= 11 is 0. The summed E-state index contributed by atoms with van der Waals surface area (Å²) in [5.41, 5.74) is 0.873. The van der Waals surface area contributed by atoms with Crippen molar-refractivity contribution >= 4 is 52.9 Å². The average Bonchev–Trinajstić information content (AvgIpc) is 2.39. The Kier molecular flexibility index (Phi) is 5.76. The van der Waals surface area contributed by atoms with Crippen molar-refractivity contribution in [1.29, 1.82) is 0 Å². The summed E-state index contributed by atoms with van der Waals surface area (Å²) in [5.74, 6) is -2.15. The van der Waals surface area contributed by atoms with Crippen molar-refractivity contribution in [3.8, 4) is 0 Å². The molecule has 3 N–H and O–H groups in total. The fraction of sp³-hybridized carbons (Fsp3) is 0. The summed E-state index contributed by atoms with van der Waals surface area (Å²) in [6, 6.07) is 12.7. The molecule has 0 unspecified atom stereocenters. The van der Waals surface area contributed by atoms with E-state index >= 15 is 0 Å². The van der Waals surface area contributed by atoms with Gasteiger partial charge in [0, 0.05) is 0 Å². The van der Waals surface area contributed by atoms with E-state index in [4.69, 9.17) is 10.2 Å². The molecule has 6 heteroatoms. The van der Waals surface area contributed by atoms with E-state index in [1.807, 2.05) is 0 Å². The second kappa shape index (κ2) is 7.09. The zero-order chi connectivity index (χ0) is 13.8. The first-order valence-electron chi connectivity index (χ1n) is 5.51. The van der Waals surface area contributed by atoms with Crippen LogP contribution in [0.5, 0.6) is 0 Å². The SMILES string of the molecule is O=C(O)c1ccccc1Nc1ccccc1C(=O)O.[NaH]. The molecule has 0 spiro atoms. The van der Waals surface area contributed by atoms with Crippen LogP contribution < -0.4 is 5.32 Å². The molecule has 2 aromatic carbocycles. The van der Waals surface area contributed by atoms with Gasteiger partial charge >= 0.3 is 41.5 Å². The van der Waals surface area contributed by atoms with E-state index in [1.165, 1.54) is 12.1 Å². The number of para-hydroxylation sites is 2. The maximum absolute atomic E-state index is 11.1. The number of carboxylic acids is 2. The van der Waals surface area contributed by atoms with Gasteiger partial charge in [0.25, 0.3) is 0 Å². The third-order valence-corrected chi connectivity index (χ3v) is 2.58. The Hall–Kier alpha value is -1.82. The summed E-state index contributed by atoms with van der Waals surface area (Å²) < 4.78 is 0. The molecule has 0 saturated carbocycles. The predicted octanol–water partition coefficient (Wildman–Crippen LogP) is 2.18. The number of carboxylic acid groups (broad SMARTS) is 2. The van der Waals surface area contributed by atoms with Gasteiger partial charge in [-0.05, 0) is 24.3 Å². The minimum absolute atomic E-state index is 0. The van der Waals surface area contributed by atoms with E-state index in [1.54, 1.807) is 36.4 Å². The first-order chi connectivity index (χ1) is 9.09. The van der Waals surface area contributed by atoms with E-state index < -0.39 is 11.9 Å². The second-order valence-corrected chi connectivity index (χ2v) is 3.83. The Bertz CT molecular complexity index is 587. The van der Waals surface area contributed by atoms with Gasteiger partial charge < -0.3 is 15.5 Å². The van der Waals surface area contributed by atoms with Gasteiger partial charge in [-0.25, -0.2) is 9.59 Å². The van der Waals surface area contributed by atoms with Crippen molar-refractivity contribution in [1.82, 2.24) is 0 Å². The van der Waals surface area contributed by atoms with Gasteiger partial charge in [0.05, 0.1) is 22.5 Å². The van der Waals surface area contributed by atoms with Crippen LogP contribution in [0.3, 0.4) is 0 Å². The standard InChI is InChI=1S/C14H11NO4.Na.H/c16-13(17)9-5-1-3-7-11(9)15-12-8-4-2-6-10(12)14(18)19;;/h1-8,15H,(H,16,17)(H,18,19);;. The van der Waals surface area contributed by atoms with E-state index in [0.717, 1.165) is 0 Å². The summed E-state index contributed by atoms with van der Waals surface area (Å²) in [5, 5.41) is 21.0. The molecule has 0 aliphatic rings. The van der Waals surface area contributed by atoms with Crippen LogP contribution in [-0.4, -0.2) is 51.7 Å². The number of hydrogen-bond acceptors (Lipinski definition) is 3. The maximum atomic E-state index is 11.1. The molecule has 20 heavy (non-hydrogen) atoms. The normalized spacial score (nSPS) is 9.40. The molecule has 0 atom stereocenters. The first kappa shape index (κ1) is 16.2. The molecular formula is C14H12NNaO4. The van der Waals surface area contributed by atoms with Crippen LogP contribution in [0.2, 0.25) is 0 Å². The van der Waals surface area contributed by atoms with E-state index in [2.05, 4.69) is 5.32 Å². The fourth-order valence-corrected chi connectivity index (χ4v) is 1.70. The summed E-state index contributed by atoms with van der Waals surface area (Å²) in [6.45, 7) is 0. The number of anilines is 2. The molecule has 2 aromatic rings. The molecule has 5 nitrogen and oxygen atoms in total. The molecule has 0 fully saturated rings. The molecule has 98 valence electrons. The predicted molar refractivity (Wildman–Crippen MR) is 77.2 cm³/mol. The quantitative estimate of drug-likeness (QED) is 0.748. The van der Waals surface area contributed by atoms with Gasteiger partial charge in [0.15, 0.2) is 0 Å². The van der Waals surface area contributed by atoms with Gasteiger partial charge in [-0.2, -0.15) is 0 Å². The molecule has 0 heterocycles. The van der Waals surface area contributed by atoms with Gasteiger partial charge in [0.2, 0.25) is 0 Å². The monoisotopic (exact) mass is 281 g/mol. The van der Waals surface area contributed by atoms with Crippen molar-refractivity contribution in [3.63, 3.8) is 0 Å². The molecule has 0 aliphatic carbocycles. The summed E-state index contributed by atoms with van der Waals surface area (Å²) in [4.78, 5) is 22.1. The van der Waals surface area contributed by atoms with Crippen LogP contribution >= 0.6 is 0 Å². The minimum atomic E-state index is -1.07. The van der Waals surface area contributed by atoms with Crippen LogP contribution in [0.15, 0.2) is 48.5 Å². The Morgan fingerprint density at radius 3 is 1.45 bits per heavy atom. The van der Waals surface area contributed by atoms with Crippen LogP contribution in [-0.2, 0) is 0 Å². The second-order valence-electron chi connectivity index (χ2n) is 3.83. The topological polar surface area (TPSA) is 86.6 Å². The molecular weight excluding hydrogens is 269 g/mol. The van der Waals surface area contributed by atoms with Crippen molar-refractivity contribution < 1.29 is 19.8 Å². The molecule has 0 aromatic heterocycles. The van der Waals surface area contributed by atoms with E-state index in [0.29, 0.717) is 11.4 Å².